The third-order valence-corrected chi connectivity index (χ3v) is 5.61. The van der Waals surface area contributed by atoms with Crippen molar-refractivity contribution < 1.29 is 5.11 Å². The first kappa shape index (κ1) is 15.5. The molecule has 0 fully saturated rings. The van der Waals surface area contributed by atoms with Gasteiger partial charge in [0.2, 0.25) is 0 Å². The highest BCUT2D eigenvalue weighted by Gasteiger charge is 2.16. The van der Waals surface area contributed by atoms with Gasteiger partial charge in [-0.3, -0.25) is 0 Å². The second-order valence-corrected chi connectivity index (χ2v) is 7.17. The average molecular weight is 469 g/mol. The minimum absolute atomic E-state index is 0.582. The van der Waals surface area contributed by atoms with Crippen molar-refractivity contribution in [3.8, 4) is 0 Å². The molecule has 0 aliphatic carbocycles. The number of aliphatic hydroxyl groups excluding tert-OH is 1. The maximum Gasteiger partial charge on any atom is 0.105 e. The topological polar surface area (TPSA) is 20.2 Å². The molecule has 0 aliphatic heterocycles. The molecular formula is C14H10Br3ClO. The van der Waals surface area contributed by atoms with Crippen LogP contribution in [0.4, 0.5) is 0 Å². The van der Waals surface area contributed by atoms with E-state index >= 15 is 0 Å². The number of benzene rings is 2. The molecule has 1 nitrogen and oxygen atoms in total. The Hall–Kier alpha value is 0.130. The highest BCUT2D eigenvalue weighted by molar-refractivity contribution is 9.11. The number of hydrogen-bond donors (Lipinski definition) is 1. The summed E-state index contributed by atoms with van der Waals surface area (Å²) in [7, 11) is 0. The molecule has 0 heterocycles. The number of aryl methyl sites for hydroxylation is 1. The SMILES string of the molecule is Cc1cc(Br)c(C(O)c2ccc(Br)c(Cl)c2)cc1Br. The Morgan fingerprint density at radius 3 is 2.32 bits per heavy atom. The molecule has 2 rings (SSSR count). The monoisotopic (exact) mass is 466 g/mol. The van der Waals surface area contributed by atoms with Gasteiger partial charge in [-0.15, -0.1) is 0 Å². The van der Waals surface area contributed by atoms with Crippen LogP contribution < -0.4 is 0 Å². The molecule has 1 atom stereocenters. The number of halogens is 4. The molecule has 100 valence electrons. The third-order valence-electron chi connectivity index (χ3n) is 2.83. The Bertz CT molecular complexity index is 628. The molecule has 0 saturated carbocycles. The maximum atomic E-state index is 10.5. The molecule has 0 aliphatic rings. The molecule has 0 aromatic heterocycles. The normalized spacial score (nSPS) is 12.5. The van der Waals surface area contributed by atoms with Crippen LogP contribution in [-0.4, -0.2) is 5.11 Å². The van der Waals surface area contributed by atoms with Crippen molar-refractivity contribution in [1.82, 2.24) is 0 Å². The number of rotatable bonds is 2. The van der Waals surface area contributed by atoms with E-state index in [0.29, 0.717) is 5.02 Å². The summed E-state index contributed by atoms with van der Waals surface area (Å²) in [4.78, 5) is 0. The summed E-state index contributed by atoms with van der Waals surface area (Å²) >= 11 is 16.4. The van der Waals surface area contributed by atoms with Gasteiger partial charge >= 0.3 is 0 Å². The van der Waals surface area contributed by atoms with Crippen molar-refractivity contribution >= 4 is 59.4 Å². The van der Waals surface area contributed by atoms with Gasteiger partial charge in [0.1, 0.15) is 6.10 Å². The van der Waals surface area contributed by atoms with Crippen LogP contribution in [0.2, 0.25) is 5.02 Å². The van der Waals surface area contributed by atoms with E-state index in [0.717, 1.165) is 30.1 Å². The van der Waals surface area contributed by atoms with Crippen LogP contribution >= 0.6 is 59.4 Å². The van der Waals surface area contributed by atoms with Gasteiger partial charge in [-0.05, 0) is 58.2 Å². The first-order chi connectivity index (χ1) is 8.90. The van der Waals surface area contributed by atoms with Gasteiger partial charge in [-0.2, -0.15) is 0 Å². The summed E-state index contributed by atoms with van der Waals surface area (Å²) in [5.41, 5.74) is 2.66. The van der Waals surface area contributed by atoms with Gasteiger partial charge in [0, 0.05) is 19.0 Å². The van der Waals surface area contributed by atoms with E-state index in [9.17, 15) is 5.11 Å². The third kappa shape index (κ3) is 3.42. The first-order valence-electron chi connectivity index (χ1n) is 5.48. The fourth-order valence-electron chi connectivity index (χ4n) is 1.73. The highest BCUT2D eigenvalue weighted by atomic mass is 79.9. The summed E-state index contributed by atoms with van der Waals surface area (Å²) in [6.07, 6.45) is -0.725. The van der Waals surface area contributed by atoms with Crippen molar-refractivity contribution in [2.24, 2.45) is 0 Å². The quantitative estimate of drug-likeness (QED) is 0.571. The molecule has 0 bridgehead atoms. The second-order valence-electron chi connectivity index (χ2n) is 4.20. The van der Waals surface area contributed by atoms with Gasteiger partial charge in [0.05, 0.1) is 5.02 Å². The van der Waals surface area contributed by atoms with E-state index in [4.69, 9.17) is 11.6 Å². The van der Waals surface area contributed by atoms with Crippen molar-refractivity contribution in [2.45, 2.75) is 13.0 Å². The molecule has 1 unspecified atom stereocenters. The van der Waals surface area contributed by atoms with Crippen LogP contribution in [0.1, 0.15) is 22.8 Å². The van der Waals surface area contributed by atoms with Gasteiger partial charge in [-0.25, -0.2) is 0 Å². The summed E-state index contributed by atoms with van der Waals surface area (Å²) < 4.78 is 2.65. The Kier molecular flexibility index (Phi) is 5.12. The molecule has 2 aromatic rings. The van der Waals surface area contributed by atoms with Gasteiger partial charge in [0.15, 0.2) is 0 Å². The van der Waals surface area contributed by atoms with Crippen molar-refractivity contribution in [3.63, 3.8) is 0 Å². The van der Waals surface area contributed by atoms with Crippen LogP contribution in [0.5, 0.6) is 0 Å². The highest BCUT2D eigenvalue weighted by Crippen LogP contribution is 2.34. The van der Waals surface area contributed by atoms with Crippen molar-refractivity contribution in [2.75, 3.05) is 0 Å². The predicted octanol–water partition coefficient (Wildman–Crippen LogP) is 6.02. The standard InChI is InChI=1S/C14H10Br3ClO/c1-7-4-12(17)9(6-11(7)16)14(19)8-2-3-10(15)13(18)5-8/h2-6,14,19H,1H3. The molecule has 0 amide bonds. The zero-order valence-electron chi connectivity index (χ0n) is 9.92. The molecule has 1 N–H and O–H groups in total. The van der Waals surface area contributed by atoms with Crippen LogP contribution in [0.3, 0.4) is 0 Å². The molecule has 0 spiro atoms. The van der Waals surface area contributed by atoms with Crippen molar-refractivity contribution in [1.29, 1.82) is 0 Å². The zero-order chi connectivity index (χ0) is 14.2. The van der Waals surface area contributed by atoms with E-state index < -0.39 is 6.10 Å². The van der Waals surface area contributed by atoms with E-state index in [1.807, 2.05) is 31.2 Å². The number of aliphatic hydroxyl groups is 1. The predicted molar refractivity (Wildman–Crippen MR) is 89.8 cm³/mol. The lowest BCUT2D eigenvalue weighted by Gasteiger charge is -2.15. The number of hydrogen-bond acceptors (Lipinski definition) is 1. The molecule has 19 heavy (non-hydrogen) atoms. The van der Waals surface area contributed by atoms with Gasteiger partial charge < -0.3 is 5.11 Å². The molecular weight excluding hydrogens is 459 g/mol. The largest absolute Gasteiger partial charge is 0.384 e. The maximum absolute atomic E-state index is 10.5. The lowest BCUT2D eigenvalue weighted by Crippen LogP contribution is -2.01. The smallest absolute Gasteiger partial charge is 0.105 e. The minimum Gasteiger partial charge on any atom is -0.384 e. The van der Waals surface area contributed by atoms with E-state index in [-0.39, 0.29) is 0 Å². The summed E-state index contributed by atoms with van der Waals surface area (Å²) in [5, 5.41) is 11.1. The van der Waals surface area contributed by atoms with Crippen molar-refractivity contribution in [3.05, 3.63) is 65.5 Å². The van der Waals surface area contributed by atoms with Crippen LogP contribution in [0, 0.1) is 6.92 Å². The summed E-state index contributed by atoms with van der Waals surface area (Å²) in [5.74, 6) is 0. The fraction of sp³-hybridized carbons (Fsp3) is 0.143. The molecule has 2 aromatic carbocycles. The molecule has 0 saturated heterocycles. The van der Waals surface area contributed by atoms with Gasteiger partial charge in [-0.1, -0.05) is 49.5 Å². The summed E-state index contributed by atoms with van der Waals surface area (Å²) in [6.45, 7) is 2.00. The lowest BCUT2D eigenvalue weighted by molar-refractivity contribution is 0.219. The second kappa shape index (κ2) is 6.27. The average Bonchev–Trinajstić information content (AvgIpc) is 2.36. The van der Waals surface area contributed by atoms with E-state index in [2.05, 4.69) is 47.8 Å². The summed E-state index contributed by atoms with van der Waals surface area (Å²) in [6, 6.07) is 9.33. The minimum atomic E-state index is -0.725. The Morgan fingerprint density at radius 1 is 1.00 bits per heavy atom. The Labute approximate surface area is 142 Å². The Balaban J connectivity index is 2.46. The first-order valence-corrected chi connectivity index (χ1v) is 8.24. The Morgan fingerprint density at radius 2 is 1.68 bits per heavy atom. The van der Waals surface area contributed by atoms with Gasteiger partial charge in [0.25, 0.3) is 0 Å². The van der Waals surface area contributed by atoms with Crippen LogP contribution in [0.25, 0.3) is 0 Å². The van der Waals surface area contributed by atoms with E-state index in [1.165, 1.54) is 0 Å². The van der Waals surface area contributed by atoms with Crippen LogP contribution in [-0.2, 0) is 0 Å². The molecule has 0 radical (unpaired) electrons. The molecule has 5 heteroatoms. The lowest BCUT2D eigenvalue weighted by atomic mass is 10.0. The zero-order valence-corrected chi connectivity index (χ0v) is 15.4. The fourth-order valence-corrected chi connectivity index (χ4v) is 3.20. The van der Waals surface area contributed by atoms with E-state index in [1.54, 1.807) is 6.07 Å². The van der Waals surface area contributed by atoms with Crippen LogP contribution in [0.15, 0.2) is 43.7 Å².